The average Bonchev–Trinajstić information content (AvgIpc) is 2.82. The third kappa shape index (κ3) is 3.39. The molecule has 1 N–H and O–H groups in total. The first-order valence-electron chi connectivity index (χ1n) is 6.76. The Bertz CT molecular complexity index is 367. The molecule has 102 valence electrons. The molecule has 0 saturated carbocycles. The Morgan fingerprint density at radius 2 is 2.33 bits per heavy atom. The van der Waals surface area contributed by atoms with E-state index in [-0.39, 0.29) is 0 Å². The van der Waals surface area contributed by atoms with E-state index >= 15 is 0 Å². The summed E-state index contributed by atoms with van der Waals surface area (Å²) in [5, 5.41) is 5.33. The summed E-state index contributed by atoms with van der Waals surface area (Å²) >= 11 is 3.91. The van der Waals surface area contributed by atoms with Crippen molar-refractivity contribution in [2.24, 2.45) is 0 Å². The molecule has 0 aromatic carbocycles. The Morgan fingerprint density at radius 3 is 3.11 bits per heavy atom. The maximum atomic E-state index is 4.60. The normalized spacial score (nSPS) is 24.5. The average molecular weight is 285 g/mol. The van der Waals surface area contributed by atoms with Crippen molar-refractivity contribution < 1.29 is 0 Å². The largest absolute Gasteiger partial charge is 0.343 e. The van der Waals surface area contributed by atoms with Crippen LogP contribution in [0.25, 0.3) is 0 Å². The molecule has 0 spiro atoms. The Labute approximate surface area is 118 Å². The predicted octanol–water partition coefficient (Wildman–Crippen LogP) is 2.97. The fourth-order valence-electron chi connectivity index (χ4n) is 2.10. The molecule has 0 radical (unpaired) electrons. The summed E-state index contributed by atoms with van der Waals surface area (Å²) < 4.78 is 0. The van der Waals surface area contributed by atoms with Crippen molar-refractivity contribution >= 4 is 28.2 Å². The van der Waals surface area contributed by atoms with Crippen LogP contribution in [0.5, 0.6) is 0 Å². The smallest absolute Gasteiger partial charge is 0.185 e. The van der Waals surface area contributed by atoms with E-state index in [1.807, 2.05) is 17.5 Å². The monoisotopic (exact) mass is 285 g/mol. The molecule has 2 unspecified atom stereocenters. The number of rotatable bonds is 5. The summed E-state index contributed by atoms with van der Waals surface area (Å²) in [7, 11) is 0. The minimum absolute atomic E-state index is 0.589. The third-order valence-corrected chi connectivity index (χ3v) is 5.77. The van der Waals surface area contributed by atoms with Gasteiger partial charge in [-0.2, -0.15) is 11.8 Å². The Balaban J connectivity index is 1.96. The first kappa shape index (κ1) is 14.2. The van der Waals surface area contributed by atoms with Crippen molar-refractivity contribution in [1.82, 2.24) is 10.3 Å². The van der Waals surface area contributed by atoms with E-state index in [0.29, 0.717) is 11.3 Å². The summed E-state index contributed by atoms with van der Waals surface area (Å²) in [6.45, 7) is 10.00. The lowest BCUT2D eigenvalue weighted by Crippen LogP contribution is -2.44. The van der Waals surface area contributed by atoms with Crippen molar-refractivity contribution in [2.45, 2.75) is 45.0 Å². The van der Waals surface area contributed by atoms with Crippen LogP contribution in [0.15, 0.2) is 6.20 Å². The summed E-state index contributed by atoms with van der Waals surface area (Å²) in [5.74, 6) is 1.22. The van der Waals surface area contributed by atoms with Crippen molar-refractivity contribution in [3.8, 4) is 0 Å². The number of thiazole rings is 1. The van der Waals surface area contributed by atoms with Gasteiger partial charge in [-0.05, 0) is 19.9 Å². The standard InChI is InChI=1S/C13H23N3S2/c1-4-5-14-8-12-9-15-13(18-12)16-6-7-17-11(3)10(16)2/h9-11,14H,4-8H2,1-3H3. The Morgan fingerprint density at radius 1 is 1.50 bits per heavy atom. The first-order chi connectivity index (χ1) is 8.72. The molecule has 2 rings (SSSR count). The van der Waals surface area contributed by atoms with Crippen LogP contribution in [0, 0.1) is 0 Å². The topological polar surface area (TPSA) is 28.2 Å². The molecule has 1 aliphatic rings. The number of nitrogens with zero attached hydrogens (tertiary/aromatic N) is 2. The van der Waals surface area contributed by atoms with Crippen LogP contribution in [0.2, 0.25) is 0 Å². The molecular formula is C13H23N3S2. The highest BCUT2D eigenvalue weighted by molar-refractivity contribution is 8.00. The maximum absolute atomic E-state index is 4.60. The lowest BCUT2D eigenvalue weighted by atomic mass is 10.2. The van der Waals surface area contributed by atoms with Gasteiger partial charge in [0.05, 0.1) is 0 Å². The van der Waals surface area contributed by atoms with Gasteiger partial charge in [-0.25, -0.2) is 4.98 Å². The predicted molar refractivity (Wildman–Crippen MR) is 82.8 cm³/mol. The SMILES string of the molecule is CCCNCc1cnc(N2CCSC(C)C2C)s1. The van der Waals surface area contributed by atoms with E-state index in [0.717, 1.165) is 19.6 Å². The Hall–Kier alpha value is -0.260. The minimum atomic E-state index is 0.589. The van der Waals surface area contributed by atoms with Gasteiger partial charge >= 0.3 is 0 Å². The zero-order valence-corrected chi connectivity index (χ0v) is 13.1. The van der Waals surface area contributed by atoms with Crippen LogP contribution >= 0.6 is 23.1 Å². The molecule has 3 nitrogen and oxygen atoms in total. The number of nitrogens with one attached hydrogen (secondary N) is 1. The molecule has 18 heavy (non-hydrogen) atoms. The van der Waals surface area contributed by atoms with Gasteiger partial charge in [-0.15, -0.1) is 11.3 Å². The van der Waals surface area contributed by atoms with E-state index in [9.17, 15) is 0 Å². The second-order valence-electron chi connectivity index (χ2n) is 4.80. The van der Waals surface area contributed by atoms with Gasteiger partial charge in [0.15, 0.2) is 5.13 Å². The quantitative estimate of drug-likeness (QED) is 0.842. The van der Waals surface area contributed by atoms with Crippen molar-refractivity contribution in [3.63, 3.8) is 0 Å². The van der Waals surface area contributed by atoms with Gasteiger partial charge in [-0.1, -0.05) is 13.8 Å². The second kappa shape index (κ2) is 6.78. The third-order valence-electron chi connectivity index (χ3n) is 3.40. The fraction of sp³-hybridized carbons (Fsp3) is 0.769. The van der Waals surface area contributed by atoms with Crippen LogP contribution in [-0.4, -0.2) is 35.1 Å². The van der Waals surface area contributed by atoms with Crippen LogP contribution in [-0.2, 0) is 6.54 Å². The Kier molecular flexibility index (Phi) is 5.33. The van der Waals surface area contributed by atoms with Gasteiger partial charge < -0.3 is 10.2 Å². The second-order valence-corrected chi connectivity index (χ2v) is 7.37. The minimum Gasteiger partial charge on any atom is -0.343 e. The first-order valence-corrected chi connectivity index (χ1v) is 8.62. The number of thioether (sulfide) groups is 1. The van der Waals surface area contributed by atoms with E-state index in [1.165, 1.54) is 22.2 Å². The van der Waals surface area contributed by atoms with Gasteiger partial charge in [0, 0.05) is 41.2 Å². The molecule has 1 saturated heterocycles. The molecule has 2 heterocycles. The summed E-state index contributed by atoms with van der Waals surface area (Å²) in [6.07, 6.45) is 3.21. The molecule has 5 heteroatoms. The summed E-state index contributed by atoms with van der Waals surface area (Å²) in [5.41, 5.74) is 0. The van der Waals surface area contributed by atoms with E-state index in [1.54, 1.807) is 0 Å². The molecular weight excluding hydrogens is 262 g/mol. The lowest BCUT2D eigenvalue weighted by molar-refractivity contribution is 0.626. The number of hydrogen-bond acceptors (Lipinski definition) is 5. The molecule has 1 fully saturated rings. The van der Waals surface area contributed by atoms with Crippen LogP contribution in [0.1, 0.15) is 32.1 Å². The zero-order chi connectivity index (χ0) is 13.0. The van der Waals surface area contributed by atoms with E-state index in [4.69, 9.17) is 0 Å². The van der Waals surface area contributed by atoms with Gasteiger partial charge in [-0.3, -0.25) is 0 Å². The number of aromatic nitrogens is 1. The number of hydrogen-bond donors (Lipinski definition) is 1. The van der Waals surface area contributed by atoms with Crippen LogP contribution < -0.4 is 10.2 Å². The summed E-state index contributed by atoms with van der Waals surface area (Å²) in [6, 6.07) is 0.589. The highest BCUT2D eigenvalue weighted by Crippen LogP contribution is 2.31. The molecule has 1 aliphatic heterocycles. The lowest BCUT2D eigenvalue weighted by Gasteiger charge is -2.37. The molecule has 1 aromatic heterocycles. The molecule has 2 atom stereocenters. The highest BCUT2D eigenvalue weighted by atomic mass is 32.2. The fourth-order valence-corrected chi connectivity index (χ4v) is 4.20. The van der Waals surface area contributed by atoms with Gasteiger partial charge in [0.25, 0.3) is 0 Å². The van der Waals surface area contributed by atoms with Gasteiger partial charge in [0.1, 0.15) is 0 Å². The highest BCUT2D eigenvalue weighted by Gasteiger charge is 2.27. The molecule has 0 aliphatic carbocycles. The van der Waals surface area contributed by atoms with Crippen LogP contribution in [0.4, 0.5) is 5.13 Å². The summed E-state index contributed by atoms with van der Waals surface area (Å²) in [4.78, 5) is 8.41. The van der Waals surface area contributed by atoms with Gasteiger partial charge in [0.2, 0.25) is 0 Å². The number of anilines is 1. The molecule has 0 amide bonds. The van der Waals surface area contributed by atoms with Crippen LogP contribution in [0.3, 0.4) is 0 Å². The van der Waals surface area contributed by atoms with Crippen molar-refractivity contribution in [1.29, 1.82) is 0 Å². The van der Waals surface area contributed by atoms with E-state index < -0.39 is 0 Å². The molecule has 0 bridgehead atoms. The zero-order valence-electron chi connectivity index (χ0n) is 11.5. The molecule has 1 aromatic rings. The van der Waals surface area contributed by atoms with Crippen molar-refractivity contribution in [3.05, 3.63) is 11.1 Å². The van der Waals surface area contributed by atoms with Crippen molar-refractivity contribution in [2.75, 3.05) is 23.7 Å². The van der Waals surface area contributed by atoms with E-state index in [2.05, 4.69) is 47.7 Å². The maximum Gasteiger partial charge on any atom is 0.185 e.